The van der Waals surface area contributed by atoms with Crippen molar-refractivity contribution in [2.45, 2.75) is 33.5 Å². The summed E-state index contributed by atoms with van der Waals surface area (Å²) >= 11 is 0. The van der Waals surface area contributed by atoms with Crippen molar-refractivity contribution in [1.82, 2.24) is 9.97 Å². The van der Waals surface area contributed by atoms with E-state index in [1.54, 1.807) is 24.5 Å². The Morgan fingerprint density at radius 1 is 1.10 bits per heavy atom. The van der Waals surface area contributed by atoms with E-state index in [1.165, 1.54) is 18.5 Å². The van der Waals surface area contributed by atoms with Crippen LogP contribution in [0.5, 0.6) is 0 Å². The van der Waals surface area contributed by atoms with Gasteiger partial charge in [0, 0.05) is 18.0 Å². The Balaban J connectivity index is 2.11. The molecule has 1 aromatic heterocycles. The van der Waals surface area contributed by atoms with Crippen molar-refractivity contribution < 1.29 is 9.13 Å². The molecule has 3 nitrogen and oxygen atoms in total. The molecule has 0 saturated heterocycles. The second kappa shape index (κ2) is 6.09. The summed E-state index contributed by atoms with van der Waals surface area (Å²) in [7, 11) is 0. The monoisotopic (exact) mass is 274 g/mol. The summed E-state index contributed by atoms with van der Waals surface area (Å²) in [6.45, 7) is 6.75. The predicted octanol–water partition coefficient (Wildman–Crippen LogP) is 3.92. The normalized spacial score (nSPS) is 13.2. The summed E-state index contributed by atoms with van der Waals surface area (Å²) < 4.78 is 18.9. The summed E-state index contributed by atoms with van der Waals surface area (Å²) in [6, 6.07) is 6.35. The van der Waals surface area contributed by atoms with E-state index in [-0.39, 0.29) is 17.3 Å². The summed E-state index contributed by atoms with van der Waals surface area (Å²) in [5.74, 6) is -0.238. The highest BCUT2D eigenvalue weighted by Gasteiger charge is 2.27. The maximum absolute atomic E-state index is 12.9. The first-order valence-electron chi connectivity index (χ1n) is 6.58. The van der Waals surface area contributed by atoms with Crippen molar-refractivity contribution in [3.63, 3.8) is 0 Å². The molecule has 1 heterocycles. The second-order valence-electron chi connectivity index (χ2n) is 5.86. The maximum Gasteiger partial charge on any atom is 0.123 e. The number of hydrogen-bond acceptors (Lipinski definition) is 3. The van der Waals surface area contributed by atoms with Gasteiger partial charge in [0.05, 0.1) is 12.7 Å². The fourth-order valence-corrected chi connectivity index (χ4v) is 2.05. The summed E-state index contributed by atoms with van der Waals surface area (Å²) in [4.78, 5) is 8.09. The lowest BCUT2D eigenvalue weighted by atomic mass is 9.85. The summed E-state index contributed by atoms with van der Waals surface area (Å²) in [6.07, 6.45) is 4.93. The highest BCUT2D eigenvalue weighted by atomic mass is 19.1. The zero-order valence-corrected chi connectivity index (χ0v) is 12.0. The van der Waals surface area contributed by atoms with Crippen LogP contribution in [0.4, 0.5) is 4.39 Å². The van der Waals surface area contributed by atoms with Crippen molar-refractivity contribution >= 4 is 0 Å². The molecule has 1 atom stereocenters. The number of nitrogens with zero attached hydrogens (tertiary/aromatic N) is 2. The highest BCUT2D eigenvalue weighted by Crippen LogP contribution is 2.36. The lowest BCUT2D eigenvalue weighted by Crippen LogP contribution is -2.21. The molecular weight excluding hydrogens is 255 g/mol. The molecule has 1 unspecified atom stereocenters. The number of ether oxygens (including phenoxy) is 1. The van der Waals surface area contributed by atoms with Gasteiger partial charge in [-0.3, -0.25) is 0 Å². The zero-order valence-electron chi connectivity index (χ0n) is 12.0. The Kier molecular flexibility index (Phi) is 4.45. The molecule has 106 valence electrons. The number of rotatable bonds is 4. The molecule has 0 aliphatic rings. The molecule has 0 spiro atoms. The average Bonchev–Trinajstić information content (AvgIpc) is 2.41. The second-order valence-corrected chi connectivity index (χ2v) is 5.86. The van der Waals surface area contributed by atoms with Gasteiger partial charge in [-0.15, -0.1) is 0 Å². The van der Waals surface area contributed by atoms with Gasteiger partial charge in [0.1, 0.15) is 12.1 Å². The van der Waals surface area contributed by atoms with E-state index in [0.717, 1.165) is 11.1 Å². The molecule has 2 rings (SSSR count). The van der Waals surface area contributed by atoms with Crippen LogP contribution in [0.15, 0.2) is 43.0 Å². The lowest BCUT2D eigenvalue weighted by molar-refractivity contribution is -0.0308. The Hall–Kier alpha value is -1.81. The van der Waals surface area contributed by atoms with Crippen LogP contribution >= 0.6 is 0 Å². The van der Waals surface area contributed by atoms with E-state index in [4.69, 9.17) is 4.74 Å². The van der Waals surface area contributed by atoms with Gasteiger partial charge in [-0.25, -0.2) is 14.4 Å². The molecule has 0 amide bonds. The molecule has 0 aliphatic heterocycles. The number of benzene rings is 1. The molecule has 0 saturated carbocycles. The summed E-state index contributed by atoms with van der Waals surface area (Å²) in [5.41, 5.74) is 1.81. The van der Waals surface area contributed by atoms with E-state index in [2.05, 4.69) is 30.7 Å². The van der Waals surface area contributed by atoms with E-state index in [0.29, 0.717) is 6.61 Å². The van der Waals surface area contributed by atoms with Crippen molar-refractivity contribution in [3.05, 3.63) is 59.9 Å². The lowest BCUT2D eigenvalue weighted by Gasteiger charge is -2.30. The SMILES string of the molecule is CC(C)(C)C(OCc1ccc(F)cc1)c1cncnc1. The van der Waals surface area contributed by atoms with Crippen LogP contribution in [0.1, 0.15) is 38.0 Å². The van der Waals surface area contributed by atoms with Gasteiger partial charge in [0.15, 0.2) is 0 Å². The van der Waals surface area contributed by atoms with Gasteiger partial charge in [-0.2, -0.15) is 0 Å². The van der Waals surface area contributed by atoms with Gasteiger partial charge in [0.2, 0.25) is 0 Å². The van der Waals surface area contributed by atoms with Crippen molar-refractivity contribution in [3.8, 4) is 0 Å². The van der Waals surface area contributed by atoms with Crippen molar-refractivity contribution in [2.24, 2.45) is 5.41 Å². The smallest absolute Gasteiger partial charge is 0.123 e. The van der Waals surface area contributed by atoms with Gasteiger partial charge in [0.25, 0.3) is 0 Å². The predicted molar refractivity (Wildman–Crippen MR) is 75.4 cm³/mol. The van der Waals surface area contributed by atoms with E-state index < -0.39 is 0 Å². The first-order valence-corrected chi connectivity index (χ1v) is 6.58. The van der Waals surface area contributed by atoms with E-state index in [9.17, 15) is 4.39 Å². The molecule has 0 N–H and O–H groups in total. The molecule has 1 aromatic carbocycles. The van der Waals surface area contributed by atoms with Gasteiger partial charge in [-0.05, 0) is 23.1 Å². The average molecular weight is 274 g/mol. The van der Waals surface area contributed by atoms with Gasteiger partial charge >= 0.3 is 0 Å². The minimum Gasteiger partial charge on any atom is -0.368 e. The highest BCUT2D eigenvalue weighted by molar-refractivity contribution is 5.16. The number of hydrogen-bond donors (Lipinski definition) is 0. The van der Waals surface area contributed by atoms with Crippen LogP contribution in [-0.2, 0) is 11.3 Å². The molecule has 2 aromatic rings. The fourth-order valence-electron chi connectivity index (χ4n) is 2.05. The largest absolute Gasteiger partial charge is 0.368 e. The number of aromatic nitrogens is 2. The van der Waals surface area contributed by atoms with Crippen molar-refractivity contribution in [2.75, 3.05) is 0 Å². The maximum atomic E-state index is 12.9. The number of halogens is 1. The Morgan fingerprint density at radius 3 is 2.25 bits per heavy atom. The fraction of sp³-hybridized carbons (Fsp3) is 0.375. The van der Waals surface area contributed by atoms with Crippen LogP contribution < -0.4 is 0 Å². The van der Waals surface area contributed by atoms with Crippen LogP contribution in [0.2, 0.25) is 0 Å². The third-order valence-corrected chi connectivity index (χ3v) is 3.00. The molecule has 0 fully saturated rings. The van der Waals surface area contributed by atoms with E-state index in [1.807, 2.05) is 0 Å². The standard InChI is InChI=1S/C16H19FN2O/c1-16(2,3)15(13-8-18-11-19-9-13)20-10-12-4-6-14(17)7-5-12/h4-9,11,15H,10H2,1-3H3. The van der Waals surface area contributed by atoms with Crippen LogP contribution in [-0.4, -0.2) is 9.97 Å². The third-order valence-electron chi connectivity index (χ3n) is 3.00. The first-order chi connectivity index (χ1) is 9.47. The Labute approximate surface area is 118 Å². The molecule has 0 radical (unpaired) electrons. The van der Waals surface area contributed by atoms with Crippen LogP contribution in [0.25, 0.3) is 0 Å². The molecule has 4 heteroatoms. The van der Waals surface area contributed by atoms with Gasteiger partial charge in [-0.1, -0.05) is 32.9 Å². The van der Waals surface area contributed by atoms with E-state index >= 15 is 0 Å². The molecule has 0 aliphatic carbocycles. The van der Waals surface area contributed by atoms with Crippen LogP contribution in [0.3, 0.4) is 0 Å². The quantitative estimate of drug-likeness (QED) is 0.847. The van der Waals surface area contributed by atoms with Crippen LogP contribution in [0, 0.1) is 11.2 Å². The molecular formula is C16H19FN2O. The molecule has 0 bridgehead atoms. The van der Waals surface area contributed by atoms with Gasteiger partial charge < -0.3 is 4.74 Å². The zero-order chi connectivity index (χ0) is 14.6. The third kappa shape index (κ3) is 3.84. The minimum absolute atomic E-state index is 0.0786. The minimum atomic E-state index is -0.238. The topological polar surface area (TPSA) is 35.0 Å². The summed E-state index contributed by atoms with van der Waals surface area (Å²) in [5, 5.41) is 0. The Morgan fingerprint density at radius 2 is 1.70 bits per heavy atom. The Bertz CT molecular complexity index is 535. The first kappa shape index (κ1) is 14.6. The molecule has 20 heavy (non-hydrogen) atoms. The van der Waals surface area contributed by atoms with Crippen molar-refractivity contribution in [1.29, 1.82) is 0 Å².